The molecule has 1 atom stereocenters. The van der Waals surface area contributed by atoms with Crippen molar-refractivity contribution in [2.45, 2.75) is 25.3 Å². The summed E-state index contributed by atoms with van der Waals surface area (Å²) < 4.78 is 24.1. The van der Waals surface area contributed by atoms with Gasteiger partial charge in [-0.1, -0.05) is 12.1 Å². The van der Waals surface area contributed by atoms with Gasteiger partial charge in [0.05, 0.1) is 6.54 Å². The molecule has 0 fully saturated rings. The third-order valence-electron chi connectivity index (χ3n) is 2.76. The molecule has 0 saturated heterocycles. The molecule has 1 aromatic rings. The lowest BCUT2D eigenvalue weighted by molar-refractivity contribution is 0.141. The number of benzene rings is 1. The van der Waals surface area contributed by atoms with Crippen molar-refractivity contribution in [2.75, 3.05) is 6.54 Å². The first-order valence-electron chi connectivity index (χ1n) is 5.01. The molecule has 82 valence electrons. The highest BCUT2D eigenvalue weighted by molar-refractivity contribution is 5.44. The van der Waals surface area contributed by atoms with Crippen LogP contribution < -0.4 is 5.32 Å². The zero-order valence-corrected chi connectivity index (χ0v) is 8.21. The predicted octanol–water partition coefficient (Wildman–Crippen LogP) is 2.23. The van der Waals surface area contributed by atoms with Crippen LogP contribution in [0.1, 0.15) is 23.6 Å². The van der Waals surface area contributed by atoms with Crippen LogP contribution in [-0.2, 0) is 6.42 Å². The van der Waals surface area contributed by atoms with Gasteiger partial charge in [-0.2, -0.15) is 0 Å². The summed E-state index contributed by atoms with van der Waals surface area (Å²) in [5.74, 6) is 0.272. The lowest BCUT2D eigenvalue weighted by Gasteiger charge is -2.13. The number of rotatable bonds is 3. The Kier molecular flexibility index (Phi) is 2.86. The molecule has 2 N–H and O–H groups in total. The third kappa shape index (κ3) is 2.09. The first-order chi connectivity index (χ1) is 7.18. The number of phenolic OH excluding ortho intramolecular Hbond substituents is 1. The standard InChI is InChI=1S/C11H13F2NO/c12-11(13)6-14-9-5-4-8-7(9)2-1-3-10(8)15/h1-3,9,11,14-15H,4-6H2. The fraction of sp³-hybridized carbons (Fsp3) is 0.455. The van der Waals surface area contributed by atoms with Gasteiger partial charge in [0.15, 0.2) is 0 Å². The van der Waals surface area contributed by atoms with Crippen molar-refractivity contribution in [2.24, 2.45) is 0 Å². The Morgan fingerprint density at radius 2 is 2.27 bits per heavy atom. The normalized spacial score (nSPS) is 19.5. The van der Waals surface area contributed by atoms with Crippen molar-refractivity contribution in [1.82, 2.24) is 5.32 Å². The molecule has 0 heterocycles. The number of halogens is 2. The van der Waals surface area contributed by atoms with E-state index in [9.17, 15) is 13.9 Å². The first kappa shape index (κ1) is 10.4. The zero-order chi connectivity index (χ0) is 10.8. The van der Waals surface area contributed by atoms with Gasteiger partial charge in [-0.3, -0.25) is 0 Å². The van der Waals surface area contributed by atoms with Crippen LogP contribution in [0.4, 0.5) is 8.78 Å². The number of hydrogen-bond donors (Lipinski definition) is 2. The number of phenols is 1. The lowest BCUT2D eigenvalue weighted by atomic mass is 10.1. The monoisotopic (exact) mass is 213 g/mol. The van der Waals surface area contributed by atoms with E-state index >= 15 is 0 Å². The second-order valence-corrected chi connectivity index (χ2v) is 3.74. The van der Waals surface area contributed by atoms with Crippen molar-refractivity contribution in [3.8, 4) is 5.75 Å². The van der Waals surface area contributed by atoms with Gasteiger partial charge in [-0.15, -0.1) is 0 Å². The van der Waals surface area contributed by atoms with Gasteiger partial charge in [-0.05, 0) is 30.0 Å². The van der Waals surface area contributed by atoms with Crippen molar-refractivity contribution < 1.29 is 13.9 Å². The average Bonchev–Trinajstić information content (AvgIpc) is 2.59. The molecule has 2 rings (SSSR count). The number of aromatic hydroxyl groups is 1. The molecule has 0 aliphatic heterocycles. The van der Waals surface area contributed by atoms with Gasteiger partial charge in [0.25, 0.3) is 6.43 Å². The largest absolute Gasteiger partial charge is 0.508 e. The summed E-state index contributed by atoms with van der Waals surface area (Å²) in [6.07, 6.45) is -0.797. The molecule has 0 radical (unpaired) electrons. The van der Waals surface area contributed by atoms with Gasteiger partial charge in [-0.25, -0.2) is 8.78 Å². The Morgan fingerprint density at radius 3 is 3.00 bits per heavy atom. The molecule has 0 bridgehead atoms. The van der Waals surface area contributed by atoms with Crippen LogP contribution in [0, 0.1) is 0 Å². The Labute approximate surface area is 86.9 Å². The summed E-state index contributed by atoms with van der Waals surface area (Å²) in [4.78, 5) is 0. The highest BCUT2D eigenvalue weighted by atomic mass is 19.3. The van der Waals surface area contributed by atoms with Crippen molar-refractivity contribution in [1.29, 1.82) is 0 Å². The van der Waals surface area contributed by atoms with Crippen LogP contribution in [0.5, 0.6) is 5.75 Å². The van der Waals surface area contributed by atoms with Crippen molar-refractivity contribution >= 4 is 0 Å². The smallest absolute Gasteiger partial charge is 0.250 e. The number of nitrogens with one attached hydrogen (secondary N) is 1. The second-order valence-electron chi connectivity index (χ2n) is 3.74. The Hall–Kier alpha value is -1.16. The lowest BCUT2D eigenvalue weighted by Crippen LogP contribution is -2.24. The van der Waals surface area contributed by atoms with Gasteiger partial charge < -0.3 is 10.4 Å². The number of hydrogen-bond acceptors (Lipinski definition) is 2. The molecular formula is C11H13F2NO. The van der Waals surface area contributed by atoms with E-state index in [0.717, 1.165) is 24.0 Å². The van der Waals surface area contributed by atoms with Crippen LogP contribution in [0.3, 0.4) is 0 Å². The van der Waals surface area contributed by atoms with E-state index in [1.54, 1.807) is 12.1 Å². The van der Waals surface area contributed by atoms with Gasteiger partial charge in [0.2, 0.25) is 0 Å². The molecule has 1 aliphatic carbocycles. The maximum absolute atomic E-state index is 12.0. The molecule has 0 aromatic heterocycles. The summed E-state index contributed by atoms with van der Waals surface area (Å²) in [6.45, 7) is -0.292. The van der Waals surface area contributed by atoms with E-state index in [1.165, 1.54) is 0 Å². The minimum absolute atomic E-state index is 0.0406. The van der Waals surface area contributed by atoms with E-state index in [0.29, 0.717) is 0 Å². The summed E-state index contributed by atoms with van der Waals surface area (Å²) >= 11 is 0. The van der Waals surface area contributed by atoms with E-state index < -0.39 is 6.43 Å². The molecule has 1 aromatic carbocycles. The van der Waals surface area contributed by atoms with Crippen LogP contribution in [0.15, 0.2) is 18.2 Å². The minimum Gasteiger partial charge on any atom is -0.508 e. The van der Waals surface area contributed by atoms with Gasteiger partial charge in [0, 0.05) is 6.04 Å². The fourth-order valence-electron chi connectivity index (χ4n) is 2.08. The molecule has 1 unspecified atom stereocenters. The molecule has 2 nitrogen and oxygen atoms in total. The Bertz CT molecular complexity index is 354. The highest BCUT2D eigenvalue weighted by Crippen LogP contribution is 2.36. The Balaban J connectivity index is 2.11. The molecule has 15 heavy (non-hydrogen) atoms. The maximum atomic E-state index is 12.0. The molecule has 1 aliphatic rings. The molecule has 0 amide bonds. The number of alkyl halides is 2. The third-order valence-corrected chi connectivity index (χ3v) is 2.76. The fourth-order valence-corrected chi connectivity index (χ4v) is 2.08. The summed E-state index contributed by atoms with van der Waals surface area (Å²) in [6, 6.07) is 5.22. The molecule has 0 spiro atoms. The topological polar surface area (TPSA) is 32.3 Å². The van der Waals surface area contributed by atoms with E-state index in [1.807, 2.05) is 6.07 Å². The quantitative estimate of drug-likeness (QED) is 0.807. The zero-order valence-electron chi connectivity index (χ0n) is 8.21. The predicted molar refractivity (Wildman–Crippen MR) is 53.2 cm³/mol. The van der Waals surface area contributed by atoms with Crippen molar-refractivity contribution in [3.63, 3.8) is 0 Å². The van der Waals surface area contributed by atoms with Crippen molar-refractivity contribution in [3.05, 3.63) is 29.3 Å². The molecule has 4 heteroatoms. The minimum atomic E-state index is -2.33. The van der Waals surface area contributed by atoms with E-state index in [-0.39, 0.29) is 18.3 Å². The Morgan fingerprint density at radius 1 is 1.47 bits per heavy atom. The SMILES string of the molecule is Oc1cccc2c1CCC2NCC(F)F. The summed E-state index contributed by atoms with van der Waals surface area (Å²) in [5, 5.41) is 12.4. The second kappa shape index (κ2) is 4.14. The molecular weight excluding hydrogens is 200 g/mol. The summed E-state index contributed by atoms with van der Waals surface area (Å²) in [7, 11) is 0. The van der Waals surface area contributed by atoms with Crippen LogP contribution >= 0.6 is 0 Å². The maximum Gasteiger partial charge on any atom is 0.250 e. The molecule has 0 saturated carbocycles. The average molecular weight is 213 g/mol. The van der Waals surface area contributed by atoms with E-state index in [2.05, 4.69) is 5.32 Å². The highest BCUT2D eigenvalue weighted by Gasteiger charge is 2.24. The van der Waals surface area contributed by atoms with Crippen LogP contribution in [0.2, 0.25) is 0 Å². The first-order valence-corrected chi connectivity index (χ1v) is 5.01. The number of fused-ring (bicyclic) bond motifs is 1. The van der Waals surface area contributed by atoms with Crippen LogP contribution in [-0.4, -0.2) is 18.1 Å². The summed E-state index contributed by atoms with van der Waals surface area (Å²) in [5.41, 5.74) is 1.85. The van der Waals surface area contributed by atoms with Gasteiger partial charge in [0.1, 0.15) is 5.75 Å². The van der Waals surface area contributed by atoms with E-state index in [4.69, 9.17) is 0 Å². The van der Waals surface area contributed by atoms with Gasteiger partial charge >= 0.3 is 0 Å². The van der Waals surface area contributed by atoms with Crippen LogP contribution in [0.25, 0.3) is 0 Å².